The lowest BCUT2D eigenvalue weighted by Crippen LogP contribution is -2.67. The average molecular weight is 441 g/mol. The molecule has 1 amide bonds. The van der Waals surface area contributed by atoms with Gasteiger partial charge in [-0.25, -0.2) is 4.68 Å². The van der Waals surface area contributed by atoms with E-state index in [0.29, 0.717) is 17.5 Å². The Morgan fingerprint density at radius 3 is 2.52 bits per heavy atom. The van der Waals surface area contributed by atoms with Crippen LogP contribution in [0.15, 0.2) is 41.3 Å². The van der Waals surface area contributed by atoms with Crippen molar-refractivity contribution in [2.75, 3.05) is 5.32 Å². The molecule has 31 heavy (non-hydrogen) atoms. The zero-order chi connectivity index (χ0) is 21.8. The van der Waals surface area contributed by atoms with Crippen molar-refractivity contribution in [3.63, 3.8) is 0 Å². The molecule has 1 aromatic carbocycles. The van der Waals surface area contributed by atoms with Crippen molar-refractivity contribution >= 4 is 23.2 Å². The van der Waals surface area contributed by atoms with Crippen molar-refractivity contribution in [2.45, 2.75) is 69.5 Å². The molecule has 164 valence electrons. The van der Waals surface area contributed by atoms with E-state index in [-0.39, 0.29) is 33.6 Å². The van der Waals surface area contributed by atoms with Crippen LogP contribution in [0.5, 0.6) is 0 Å². The first-order chi connectivity index (χ1) is 14.8. The fourth-order valence-corrected chi connectivity index (χ4v) is 7.09. The highest BCUT2D eigenvalue weighted by Crippen LogP contribution is 2.60. The highest BCUT2D eigenvalue weighted by atomic mass is 35.5. The molecule has 4 saturated carbocycles. The lowest BCUT2D eigenvalue weighted by Gasteiger charge is -2.61. The van der Waals surface area contributed by atoms with Gasteiger partial charge in [0.25, 0.3) is 5.56 Å². The molecule has 0 saturated heterocycles. The number of rotatable bonds is 5. The van der Waals surface area contributed by atoms with Crippen LogP contribution in [-0.2, 0) is 10.3 Å². The van der Waals surface area contributed by atoms with Crippen molar-refractivity contribution in [2.24, 2.45) is 11.8 Å². The maximum Gasteiger partial charge on any atom is 0.288 e. The number of hydrogen-bond acceptors (Lipinski definition) is 4. The van der Waals surface area contributed by atoms with Crippen LogP contribution in [0.4, 0.5) is 5.69 Å². The molecule has 4 aliphatic carbocycles. The first-order valence-electron chi connectivity index (χ1n) is 11.2. The Balaban J connectivity index is 1.47. The maximum atomic E-state index is 13.4. The van der Waals surface area contributed by atoms with E-state index in [2.05, 4.69) is 15.7 Å². The minimum absolute atomic E-state index is 0.00154. The third kappa shape index (κ3) is 3.55. The van der Waals surface area contributed by atoms with Gasteiger partial charge in [0, 0.05) is 18.5 Å². The molecule has 0 aliphatic heterocycles. The van der Waals surface area contributed by atoms with Gasteiger partial charge in [0.1, 0.15) is 5.02 Å². The first-order valence-corrected chi connectivity index (χ1v) is 11.6. The van der Waals surface area contributed by atoms with Crippen LogP contribution in [0, 0.1) is 11.8 Å². The molecule has 7 heteroatoms. The molecular formula is C24H29ClN4O2. The second-order valence-corrected chi connectivity index (χ2v) is 10.4. The maximum absolute atomic E-state index is 13.4. The number of halogens is 1. The molecule has 1 heterocycles. The minimum Gasteiger partial charge on any atom is -0.376 e. The summed E-state index contributed by atoms with van der Waals surface area (Å²) in [6, 6.07) is 10.0. The van der Waals surface area contributed by atoms with E-state index < -0.39 is 0 Å². The minimum atomic E-state index is -0.364. The van der Waals surface area contributed by atoms with Gasteiger partial charge in [0.15, 0.2) is 0 Å². The molecular weight excluding hydrogens is 412 g/mol. The summed E-state index contributed by atoms with van der Waals surface area (Å²) in [5, 5.41) is 11.4. The van der Waals surface area contributed by atoms with E-state index >= 15 is 0 Å². The third-order valence-corrected chi connectivity index (χ3v) is 7.88. The standard InChI is InChI=1S/C24H29ClN4O2/c1-15(19-6-4-3-5-7-19)27-20-13-26-29(22(31)21(20)25)24-11-17-8-18(12-24)10-23(9-17,14-24)28-16(2)30/h3-7,13,15,17-18,27H,8-12,14H2,1-2H3,(H,28,30)/t15-,17-,18+,23?,24?/m1/s1. The van der Waals surface area contributed by atoms with Gasteiger partial charge < -0.3 is 10.6 Å². The quantitative estimate of drug-likeness (QED) is 0.728. The van der Waals surface area contributed by atoms with Crippen molar-refractivity contribution in [1.29, 1.82) is 0 Å². The van der Waals surface area contributed by atoms with Gasteiger partial charge >= 0.3 is 0 Å². The third-order valence-electron chi connectivity index (χ3n) is 7.51. The molecule has 1 aromatic heterocycles. The predicted molar refractivity (Wildman–Crippen MR) is 121 cm³/mol. The molecule has 4 aliphatic rings. The number of anilines is 1. The average Bonchev–Trinajstić information content (AvgIpc) is 2.70. The molecule has 2 N–H and O–H groups in total. The summed E-state index contributed by atoms with van der Waals surface area (Å²) < 4.78 is 1.64. The van der Waals surface area contributed by atoms with Crippen LogP contribution < -0.4 is 16.2 Å². The van der Waals surface area contributed by atoms with Crippen LogP contribution >= 0.6 is 11.6 Å². The topological polar surface area (TPSA) is 76.0 Å². The number of carbonyl (C=O) groups is 1. The Kier molecular flexibility index (Phi) is 4.88. The zero-order valence-electron chi connectivity index (χ0n) is 18.0. The van der Waals surface area contributed by atoms with E-state index in [0.717, 1.165) is 37.7 Å². The summed E-state index contributed by atoms with van der Waals surface area (Å²) in [5.74, 6) is 1.03. The van der Waals surface area contributed by atoms with Gasteiger partial charge in [0.05, 0.1) is 17.4 Å². The monoisotopic (exact) mass is 440 g/mol. The molecule has 6 rings (SSSR count). The lowest BCUT2D eigenvalue weighted by molar-refractivity contribution is -0.128. The van der Waals surface area contributed by atoms with Gasteiger partial charge in [-0.2, -0.15) is 5.10 Å². The number of nitrogens with one attached hydrogen (secondary N) is 2. The van der Waals surface area contributed by atoms with E-state index in [1.807, 2.05) is 37.3 Å². The normalized spacial score (nSPS) is 32.0. The molecule has 2 unspecified atom stereocenters. The second kappa shape index (κ2) is 7.37. The number of amides is 1. The smallest absolute Gasteiger partial charge is 0.288 e. The Morgan fingerprint density at radius 1 is 1.19 bits per heavy atom. The summed E-state index contributed by atoms with van der Waals surface area (Å²) >= 11 is 6.58. The fourth-order valence-electron chi connectivity index (χ4n) is 6.91. The Labute approximate surface area is 187 Å². The second-order valence-electron chi connectivity index (χ2n) is 10.0. The molecule has 0 radical (unpaired) electrons. The van der Waals surface area contributed by atoms with Crippen LogP contribution in [0.1, 0.15) is 64.0 Å². The summed E-state index contributed by atoms with van der Waals surface area (Å²) in [6.07, 6.45) is 7.49. The first kappa shape index (κ1) is 20.6. The predicted octanol–water partition coefficient (Wildman–Crippen LogP) is 4.25. The summed E-state index contributed by atoms with van der Waals surface area (Å²) in [4.78, 5) is 25.3. The number of carbonyl (C=O) groups excluding carboxylic acids is 1. The van der Waals surface area contributed by atoms with E-state index in [4.69, 9.17) is 11.6 Å². The molecule has 6 nitrogen and oxygen atoms in total. The number of aromatic nitrogens is 2. The Morgan fingerprint density at radius 2 is 1.87 bits per heavy atom. The number of nitrogens with zero attached hydrogens (tertiary/aromatic N) is 2. The van der Waals surface area contributed by atoms with Gasteiger partial charge in [0.2, 0.25) is 5.91 Å². The van der Waals surface area contributed by atoms with Crippen molar-refractivity contribution in [3.05, 3.63) is 57.5 Å². The Hall–Kier alpha value is -2.34. The molecule has 4 bridgehead atoms. The summed E-state index contributed by atoms with van der Waals surface area (Å²) in [6.45, 7) is 3.62. The van der Waals surface area contributed by atoms with Crippen molar-refractivity contribution in [3.8, 4) is 0 Å². The number of benzene rings is 1. The van der Waals surface area contributed by atoms with Gasteiger partial charge in [-0.1, -0.05) is 41.9 Å². The lowest BCUT2D eigenvalue weighted by atomic mass is 9.50. The largest absolute Gasteiger partial charge is 0.376 e. The van der Waals surface area contributed by atoms with E-state index in [1.165, 1.54) is 6.42 Å². The zero-order valence-corrected chi connectivity index (χ0v) is 18.8. The van der Waals surface area contributed by atoms with E-state index in [9.17, 15) is 9.59 Å². The molecule has 2 aromatic rings. The molecule has 5 atom stereocenters. The highest BCUT2D eigenvalue weighted by Gasteiger charge is 2.59. The summed E-state index contributed by atoms with van der Waals surface area (Å²) in [5.41, 5.74) is 0.840. The SMILES string of the molecule is CC(=O)NC12C[C@H]3C[C@@H](C1)CC(n1ncc(N[C@H](C)c4ccccc4)c(Cl)c1=O)(C3)C2. The summed E-state index contributed by atoms with van der Waals surface area (Å²) in [7, 11) is 0. The molecule has 4 fully saturated rings. The van der Waals surface area contributed by atoms with Gasteiger partial charge in [-0.15, -0.1) is 0 Å². The van der Waals surface area contributed by atoms with E-state index in [1.54, 1.807) is 17.8 Å². The highest BCUT2D eigenvalue weighted by molar-refractivity contribution is 6.32. The molecule has 0 spiro atoms. The number of hydrogen-bond donors (Lipinski definition) is 2. The Bertz CT molecular complexity index is 1050. The fraction of sp³-hybridized carbons (Fsp3) is 0.542. The van der Waals surface area contributed by atoms with Crippen LogP contribution in [-0.4, -0.2) is 21.2 Å². The van der Waals surface area contributed by atoms with Crippen molar-refractivity contribution < 1.29 is 4.79 Å². The van der Waals surface area contributed by atoms with Crippen molar-refractivity contribution in [1.82, 2.24) is 15.1 Å². The van der Waals surface area contributed by atoms with Crippen LogP contribution in [0.2, 0.25) is 5.02 Å². The van der Waals surface area contributed by atoms with Gasteiger partial charge in [-0.3, -0.25) is 9.59 Å². The van der Waals surface area contributed by atoms with Crippen LogP contribution in [0.3, 0.4) is 0 Å². The van der Waals surface area contributed by atoms with Gasteiger partial charge in [-0.05, 0) is 62.8 Å². The van der Waals surface area contributed by atoms with Crippen LogP contribution in [0.25, 0.3) is 0 Å².